The lowest BCUT2D eigenvalue weighted by Gasteiger charge is -2.20. The number of benzene rings is 1. The third-order valence-corrected chi connectivity index (χ3v) is 4.58. The van der Waals surface area contributed by atoms with Gasteiger partial charge in [-0.1, -0.05) is 13.0 Å². The third kappa shape index (κ3) is 2.46. The number of hydrogen-bond acceptors (Lipinski definition) is 4. The van der Waals surface area contributed by atoms with Gasteiger partial charge in [0.25, 0.3) is 0 Å². The van der Waals surface area contributed by atoms with Crippen LogP contribution in [0.15, 0.2) is 30.3 Å². The molecule has 0 spiro atoms. The average Bonchev–Trinajstić information content (AvgIpc) is 2.95. The summed E-state index contributed by atoms with van der Waals surface area (Å²) in [6, 6.07) is 10.1. The number of nitrogens with two attached hydrogens (primary N) is 1. The van der Waals surface area contributed by atoms with Crippen molar-refractivity contribution in [3.8, 4) is 11.5 Å². The predicted molar refractivity (Wildman–Crippen MR) is 77.2 cm³/mol. The van der Waals surface area contributed by atoms with Gasteiger partial charge in [0.05, 0.1) is 6.04 Å². The van der Waals surface area contributed by atoms with Crippen LogP contribution in [0.2, 0.25) is 0 Å². The Morgan fingerprint density at radius 3 is 2.68 bits per heavy atom. The Labute approximate surface area is 117 Å². The summed E-state index contributed by atoms with van der Waals surface area (Å²) in [5, 5.41) is 0. The van der Waals surface area contributed by atoms with Gasteiger partial charge in [-0.15, -0.1) is 11.3 Å². The van der Waals surface area contributed by atoms with E-state index < -0.39 is 0 Å². The molecule has 0 amide bonds. The van der Waals surface area contributed by atoms with Gasteiger partial charge in [-0.2, -0.15) is 0 Å². The fraction of sp³-hybridized carbons (Fsp3) is 0.333. The van der Waals surface area contributed by atoms with E-state index in [-0.39, 0.29) is 6.04 Å². The number of hydrogen-bond donors (Lipinski definition) is 1. The summed E-state index contributed by atoms with van der Waals surface area (Å²) >= 11 is 1.78. The lowest BCUT2D eigenvalue weighted by Crippen LogP contribution is -2.16. The molecule has 3 nitrogen and oxygen atoms in total. The molecule has 1 aromatic heterocycles. The second kappa shape index (κ2) is 5.23. The minimum Gasteiger partial charge on any atom is -0.486 e. The lowest BCUT2D eigenvalue weighted by molar-refractivity contribution is 0.171. The van der Waals surface area contributed by atoms with Gasteiger partial charge in [-0.25, -0.2) is 0 Å². The molecule has 2 aromatic rings. The Hall–Kier alpha value is -1.52. The first-order valence-corrected chi connectivity index (χ1v) is 7.33. The third-order valence-electron chi connectivity index (χ3n) is 3.26. The van der Waals surface area contributed by atoms with E-state index in [9.17, 15) is 0 Å². The number of ether oxygens (including phenoxy) is 2. The maximum absolute atomic E-state index is 6.33. The number of aryl methyl sites for hydroxylation is 1. The fourth-order valence-electron chi connectivity index (χ4n) is 2.17. The van der Waals surface area contributed by atoms with E-state index in [0.29, 0.717) is 13.2 Å². The van der Waals surface area contributed by atoms with E-state index in [2.05, 4.69) is 19.1 Å². The van der Waals surface area contributed by atoms with Crippen molar-refractivity contribution in [3.63, 3.8) is 0 Å². The second-order valence-corrected chi connectivity index (χ2v) is 5.74. The zero-order chi connectivity index (χ0) is 13.2. The van der Waals surface area contributed by atoms with E-state index in [0.717, 1.165) is 23.5 Å². The first-order chi connectivity index (χ1) is 9.28. The summed E-state index contributed by atoms with van der Waals surface area (Å²) in [5.41, 5.74) is 7.40. The molecule has 19 heavy (non-hydrogen) atoms. The number of fused-ring (bicyclic) bond motifs is 1. The van der Waals surface area contributed by atoms with Crippen molar-refractivity contribution >= 4 is 11.3 Å². The normalized spacial score (nSPS) is 15.3. The van der Waals surface area contributed by atoms with Crippen molar-refractivity contribution in [2.24, 2.45) is 5.73 Å². The smallest absolute Gasteiger partial charge is 0.161 e. The average molecular weight is 275 g/mol. The predicted octanol–water partition coefficient (Wildman–Crippen LogP) is 3.13. The molecule has 1 aromatic carbocycles. The summed E-state index contributed by atoms with van der Waals surface area (Å²) in [6.07, 6.45) is 1.05. The van der Waals surface area contributed by atoms with Crippen LogP contribution in [0.4, 0.5) is 0 Å². The van der Waals surface area contributed by atoms with Crippen LogP contribution in [0.3, 0.4) is 0 Å². The molecule has 1 aliphatic heterocycles. The summed E-state index contributed by atoms with van der Waals surface area (Å²) < 4.78 is 11.1. The van der Waals surface area contributed by atoms with Crippen molar-refractivity contribution in [2.45, 2.75) is 19.4 Å². The topological polar surface area (TPSA) is 44.5 Å². The molecule has 2 heterocycles. The lowest BCUT2D eigenvalue weighted by atomic mass is 10.1. The van der Waals surface area contributed by atoms with Crippen LogP contribution in [0.1, 0.15) is 28.3 Å². The van der Waals surface area contributed by atoms with Gasteiger partial charge in [0.15, 0.2) is 11.5 Å². The molecular formula is C15H17NO2S. The van der Waals surface area contributed by atoms with E-state index in [1.54, 1.807) is 11.3 Å². The highest BCUT2D eigenvalue weighted by molar-refractivity contribution is 7.12. The molecule has 2 N–H and O–H groups in total. The number of rotatable bonds is 3. The summed E-state index contributed by atoms with van der Waals surface area (Å²) in [4.78, 5) is 2.55. The molecule has 0 aliphatic carbocycles. The second-order valence-electron chi connectivity index (χ2n) is 4.54. The molecule has 4 heteroatoms. The molecule has 0 fully saturated rings. The Balaban J connectivity index is 1.88. The summed E-state index contributed by atoms with van der Waals surface area (Å²) in [5.74, 6) is 1.61. The van der Waals surface area contributed by atoms with Crippen LogP contribution in [0.5, 0.6) is 11.5 Å². The van der Waals surface area contributed by atoms with Gasteiger partial charge < -0.3 is 15.2 Å². The number of thiophene rings is 1. The molecule has 0 saturated carbocycles. The quantitative estimate of drug-likeness (QED) is 0.936. The van der Waals surface area contributed by atoms with Crippen LogP contribution >= 0.6 is 11.3 Å². The minimum atomic E-state index is -0.0962. The summed E-state index contributed by atoms with van der Waals surface area (Å²) in [7, 11) is 0. The maximum atomic E-state index is 6.33. The fourth-order valence-corrected chi connectivity index (χ4v) is 3.15. The maximum Gasteiger partial charge on any atom is 0.161 e. The molecule has 0 saturated heterocycles. The van der Waals surface area contributed by atoms with Crippen molar-refractivity contribution < 1.29 is 9.47 Å². The van der Waals surface area contributed by atoms with Crippen LogP contribution < -0.4 is 15.2 Å². The Kier molecular flexibility index (Phi) is 3.44. The highest BCUT2D eigenvalue weighted by Crippen LogP contribution is 2.35. The van der Waals surface area contributed by atoms with Gasteiger partial charge in [0, 0.05) is 9.75 Å². The van der Waals surface area contributed by atoms with E-state index in [1.165, 1.54) is 9.75 Å². The molecule has 100 valence electrons. The van der Waals surface area contributed by atoms with Crippen LogP contribution in [-0.2, 0) is 6.42 Å². The Morgan fingerprint density at radius 2 is 1.95 bits per heavy atom. The molecule has 1 atom stereocenters. The van der Waals surface area contributed by atoms with Gasteiger partial charge >= 0.3 is 0 Å². The van der Waals surface area contributed by atoms with Gasteiger partial charge in [0.2, 0.25) is 0 Å². The molecule has 1 aliphatic rings. The molecule has 0 radical (unpaired) electrons. The zero-order valence-electron chi connectivity index (χ0n) is 10.9. The molecular weight excluding hydrogens is 258 g/mol. The van der Waals surface area contributed by atoms with Crippen molar-refractivity contribution in [2.75, 3.05) is 13.2 Å². The first-order valence-electron chi connectivity index (χ1n) is 6.51. The highest BCUT2D eigenvalue weighted by Gasteiger charge is 2.16. The molecule has 3 rings (SSSR count). The van der Waals surface area contributed by atoms with Crippen LogP contribution in [-0.4, -0.2) is 13.2 Å². The van der Waals surface area contributed by atoms with Crippen molar-refractivity contribution in [1.82, 2.24) is 0 Å². The molecule has 0 bridgehead atoms. The van der Waals surface area contributed by atoms with Crippen molar-refractivity contribution in [1.29, 1.82) is 0 Å². The highest BCUT2D eigenvalue weighted by atomic mass is 32.1. The minimum absolute atomic E-state index is 0.0962. The SMILES string of the molecule is CCc1ccc(C(N)c2ccc3c(c2)OCCO3)s1. The van der Waals surface area contributed by atoms with E-state index in [1.807, 2.05) is 18.2 Å². The van der Waals surface area contributed by atoms with E-state index >= 15 is 0 Å². The van der Waals surface area contributed by atoms with Crippen LogP contribution in [0, 0.1) is 0 Å². The largest absolute Gasteiger partial charge is 0.486 e. The van der Waals surface area contributed by atoms with Gasteiger partial charge in [-0.3, -0.25) is 0 Å². The zero-order valence-corrected chi connectivity index (χ0v) is 11.7. The van der Waals surface area contributed by atoms with Gasteiger partial charge in [-0.05, 0) is 36.2 Å². The van der Waals surface area contributed by atoms with Gasteiger partial charge in [0.1, 0.15) is 13.2 Å². The summed E-state index contributed by atoms with van der Waals surface area (Å²) in [6.45, 7) is 3.37. The van der Waals surface area contributed by atoms with Crippen molar-refractivity contribution in [3.05, 3.63) is 45.6 Å². The Morgan fingerprint density at radius 1 is 1.16 bits per heavy atom. The van der Waals surface area contributed by atoms with Crippen LogP contribution in [0.25, 0.3) is 0 Å². The Bertz CT molecular complexity index is 579. The monoisotopic (exact) mass is 275 g/mol. The molecule has 1 unspecified atom stereocenters. The van der Waals surface area contributed by atoms with E-state index in [4.69, 9.17) is 15.2 Å². The standard InChI is InChI=1S/C15H17NO2S/c1-2-11-4-6-14(19-11)15(16)10-3-5-12-13(9-10)18-8-7-17-12/h3-6,9,15H,2,7-8,16H2,1H3. The first kappa shape index (κ1) is 12.5.